The van der Waals surface area contributed by atoms with Gasteiger partial charge in [-0.3, -0.25) is 0 Å². The number of carboxylic acids is 1. The number of carbonyl (C=O) groups is 1. The normalized spacial score (nSPS) is 11.9. The molecule has 0 radical (unpaired) electrons. The summed E-state index contributed by atoms with van der Waals surface area (Å²) in [6, 6.07) is 18.8. The number of carboxylic acid groups (broad SMARTS) is 1. The maximum atomic E-state index is 11.1. The number of aromatic nitrogens is 1. The minimum Gasteiger partial charge on any atom is -0.497 e. The molecule has 1 aromatic heterocycles. The fourth-order valence-corrected chi connectivity index (χ4v) is 4.72. The number of unbranched alkanes of at least 4 members (excludes halogenated alkanes) is 5. The molecule has 1 atom stereocenters. The minimum absolute atomic E-state index is 0.413. The molecule has 4 N–H and O–H groups in total. The predicted octanol–water partition coefficient (Wildman–Crippen LogP) is 6.52. The van der Waals surface area contributed by atoms with Crippen LogP contribution in [0, 0.1) is 0 Å². The molecule has 7 nitrogen and oxygen atoms in total. The van der Waals surface area contributed by atoms with Gasteiger partial charge in [0.25, 0.3) is 0 Å². The molecule has 2 aromatic carbocycles. The van der Waals surface area contributed by atoms with Crippen molar-refractivity contribution in [2.45, 2.75) is 55.4 Å². The Balaban J connectivity index is 1.42. The van der Waals surface area contributed by atoms with Crippen LogP contribution in [0.5, 0.6) is 11.5 Å². The van der Waals surface area contributed by atoms with Crippen LogP contribution in [0.25, 0.3) is 6.08 Å². The van der Waals surface area contributed by atoms with Gasteiger partial charge in [-0.25, -0.2) is 9.78 Å². The van der Waals surface area contributed by atoms with E-state index in [2.05, 4.69) is 17.1 Å². The van der Waals surface area contributed by atoms with Gasteiger partial charge in [0.15, 0.2) is 0 Å². The largest absolute Gasteiger partial charge is 0.497 e. The first kappa shape index (κ1) is 29.1. The van der Waals surface area contributed by atoms with Crippen LogP contribution < -0.4 is 15.2 Å². The second kappa shape index (κ2) is 15.7. The number of aliphatic hydroxyl groups is 1. The monoisotopic (exact) mass is 536 g/mol. The van der Waals surface area contributed by atoms with E-state index in [1.165, 1.54) is 30.9 Å². The Bertz CT molecular complexity index is 1180. The van der Waals surface area contributed by atoms with Crippen molar-refractivity contribution in [3.05, 3.63) is 83.6 Å². The predicted molar refractivity (Wildman–Crippen MR) is 152 cm³/mol. The number of pyridine rings is 1. The quantitative estimate of drug-likeness (QED) is 0.0623. The van der Waals surface area contributed by atoms with Gasteiger partial charge >= 0.3 is 5.97 Å². The molecular formula is C30H36N2O5S. The van der Waals surface area contributed by atoms with Crippen LogP contribution in [0.1, 0.15) is 60.8 Å². The zero-order valence-electron chi connectivity index (χ0n) is 21.7. The first-order chi connectivity index (χ1) is 18.4. The Morgan fingerprint density at radius 1 is 1.03 bits per heavy atom. The van der Waals surface area contributed by atoms with Crippen molar-refractivity contribution in [3.8, 4) is 11.5 Å². The van der Waals surface area contributed by atoms with Crippen LogP contribution in [0.2, 0.25) is 0 Å². The number of nitrogen functional groups attached to an aromatic ring is 1. The molecule has 0 saturated carbocycles. The highest BCUT2D eigenvalue weighted by atomic mass is 32.2. The molecule has 8 heteroatoms. The first-order valence-corrected chi connectivity index (χ1v) is 13.7. The maximum absolute atomic E-state index is 11.1. The molecule has 0 spiro atoms. The summed E-state index contributed by atoms with van der Waals surface area (Å²) in [5, 5.41) is 20.2. The third-order valence-corrected chi connectivity index (χ3v) is 6.91. The molecule has 3 rings (SSSR count). The highest BCUT2D eigenvalue weighted by Gasteiger charge is 2.13. The molecule has 0 amide bonds. The first-order valence-electron chi connectivity index (χ1n) is 12.8. The van der Waals surface area contributed by atoms with Crippen molar-refractivity contribution in [2.75, 3.05) is 19.5 Å². The lowest BCUT2D eigenvalue weighted by Gasteiger charge is -2.13. The van der Waals surface area contributed by atoms with Crippen molar-refractivity contribution < 1.29 is 24.5 Å². The van der Waals surface area contributed by atoms with Crippen molar-refractivity contribution in [1.29, 1.82) is 0 Å². The molecular weight excluding hydrogens is 500 g/mol. The number of thioether (sulfide) groups is 1. The van der Waals surface area contributed by atoms with Gasteiger partial charge in [0.05, 0.1) is 18.7 Å². The second-order valence-corrected chi connectivity index (χ2v) is 10.0. The van der Waals surface area contributed by atoms with Crippen LogP contribution in [0.15, 0.2) is 71.8 Å². The molecule has 1 unspecified atom stereocenters. The number of nitrogens with two attached hydrogens (primary N) is 1. The Kier molecular flexibility index (Phi) is 12.0. The van der Waals surface area contributed by atoms with Crippen LogP contribution in [-0.2, 0) is 11.2 Å². The minimum atomic E-state index is -1.07. The maximum Gasteiger partial charge on any atom is 0.328 e. The smallest absolute Gasteiger partial charge is 0.328 e. The summed E-state index contributed by atoms with van der Waals surface area (Å²) in [5.74, 6) is 0.340. The van der Waals surface area contributed by atoms with Gasteiger partial charge in [0, 0.05) is 11.8 Å². The Labute approximate surface area is 228 Å². The summed E-state index contributed by atoms with van der Waals surface area (Å²) in [6.07, 6.45) is 10.2. The Hall–Kier alpha value is -3.49. The van der Waals surface area contributed by atoms with E-state index in [9.17, 15) is 9.90 Å². The highest BCUT2D eigenvalue weighted by molar-refractivity contribution is 7.99. The fraction of sp³-hybridized carbons (Fsp3) is 0.333. The van der Waals surface area contributed by atoms with Gasteiger partial charge in [-0.05, 0) is 72.9 Å². The number of nitrogens with zero attached hydrogens (tertiary/aromatic N) is 1. The van der Waals surface area contributed by atoms with Crippen LogP contribution in [0.4, 0.5) is 5.69 Å². The Morgan fingerprint density at radius 3 is 2.47 bits per heavy atom. The van der Waals surface area contributed by atoms with E-state index in [4.69, 9.17) is 20.3 Å². The number of aliphatic carboxylic acids is 1. The van der Waals surface area contributed by atoms with E-state index in [1.807, 2.05) is 12.1 Å². The topological polar surface area (TPSA) is 115 Å². The molecule has 202 valence electrons. The number of methoxy groups -OCH3 is 1. The van der Waals surface area contributed by atoms with Crippen LogP contribution in [-0.4, -0.2) is 34.9 Å². The van der Waals surface area contributed by atoms with E-state index in [0.29, 0.717) is 34.3 Å². The van der Waals surface area contributed by atoms with Gasteiger partial charge in [-0.15, -0.1) is 0 Å². The number of rotatable bonds is 16. The SMILES string of the molecule is COc1ccc(CCCCCCCCOc2ccc(SC(O)c3cccc(N)c3)nc2C=CC(=O)O)cc1. The van der Waals surface area contributed by atoms with E-state index in [-0.39, 0.29) is 0 Å². The molecule has 0 bridgehead atoms. The number of hydrogen-bond donors (Lipinski definition) is 3. The van der Waals surface area contributed by atoms with E-state index in [1.54, 1.807) is 43.5 Å². The zero-order chi connectivity index (χ0) is 27.2. The van der Waals surface area contributed by atoms with Gasteiger partial charge < -0.3 is 25.4 Å². The number of benzene rings is 2. The molecule has 3 aromatic rings. The van der Waals surface area contributed by atoms with Crippen molar-refractivity contribution in [2.24, 2.45) is 0 Å². The third kappa shape index (κ3) is 10.1. The highest BCUT2D eigenvalue weighted by Crippen LogP contribution is 2.34. The number of aliphatic hydroxyl groups excluding tert-OH is 1. The summed E-state index contributed by atoms with van der Waals surface area (Å²) in [6.45, 7) is 0.528. The van der Waals surface area contributed by atoms with Crippen molar-refractivity contribution in [1.82, 2.24) is 4.98 Å². The summed E-state index contributed by atoms with van der Waals surface area (Å²) in [5.41, 5.74) is 7.94. The van der Waals surface area contributed by atoms with Gasteiger partial charge in [0.2, 0.25) is 0 Å². The third-order valence-electron chi connectivity index (χ3n) is 5.95. The second-order valence-electron chi connectivity index (χ2n) is 8.91. The van der Waals surface area contributed by atoms with Gasteiger partial charge in [-0.2, -0.15) is 0 Å². The molecule has 38 heavy (non-hydrogen) atoms. The van der Waals surface area contributed by atoms with Gasteiger partial charge in [0.1, 0.15) is 22.6 Å². The summed E-state index contributed by atoms with van der Waals surface area (Å²) in [4.78, 5) is 15.6. The van der Waals surface area contributed by atoms with E-state index < -0.39 is 11.4 Å². The van der Waals surface area contributed by atoms with Crippen molar-refractivity contribution >= 4 is 29.5 Å². The lowest BCUT2D eigenvalue weighted by Crippen LogP contribution is -2.02. The lowest BCUT2D eigenvalue weighted by molar-refractivity contribution is -0.131. The van der Waals surface area contributed by atoms with Crippen LogP contribution >= 0.6 is 11.8 Å². The average molecular weight is 537 g/mol. The van der Waals surface area contributed by atoms with E-state index in [0.717, 1.165) is 49.3 Å². The molecule has 0 aliphatic rings. The number of hydrogen-bond acceptors (Lipinski definition) is 7. The molecule has 0 aliphatic heterocycles. The lowest BCUT2D eigenvalue weighted by atomic mass is 10.0. The zero-order valence-corrected chi connectivity index (χ0v) is 22.5. The summed E-state index contributed by atoms with van der Waals surface area (Å²) < 4.78 is 11.1. The Morgan fingerprint density at radius 2 is 1.76 bits per heavy atom. The fourth-order valence-electron chi connectivity index (χ4n) is 3.91. The standard InChI is InChI=1S/C30H36N2O5S/c1-36-25-14-12-22(13-15-25)9-6-4-2-3-5-7-20-37-27-17-18-28(32-26(27)16-19-29(33)34)38-30(35)23-10-8-11-24(31)21-23/h8,10-19,21,30,35H,2-7,9,20,31H2,1H3,(H,33,34). The van der Waals surface area contributed by atoms with Crippen LogP contribution in [0.3, 0.4) is 0 Å². The number of ether oxygens (including phenoxy) is 2. The molecule has 0 fully saturated rings. The number of aryl methyl sites for hydroxylation is 1. The van der Waals surface area contributed by atoms with Gasteiger partial charge in [-0.1, -0.05) is 61.7 Å². The molecule has 0 saturated heterocycles. The molecule has 0 aliphatic carbocycles. The molecule has 1 heterocycles. The summed E-state index contributed by atoms with van der Waals surface area (Å²) >= 11 is 1.15. The van der Waals surface area contributed by atoms with Crippen molar-refractivity contribution in [3.63, 3.8) is 0 Å². The van der Waals surface area contributed by atoms with E-state index >= 15 is 0 Å². The summed E-state index contributed by atoms with van der Waals surface area (Å²) in [7, 11) is 1.68. The number of anilines is 1. The average Bonchev–Trinajstić information content (AvgIpc) is 2.92.